The zero-order valence-corrected chi connectivity index (χ0v) is 9.31. The molecule has 1 aromatic carbocycles. The van der Waals surface area contributed by atoms with Gasteiger partial charge in [0.15, 0.2) is 0 Å². The Labute approximate surface area is 90.9 Å². The van der Waals surface area contributed by atoms with Gasteiger partial charge in [-0.1, -0.05) is 44.2 Å². The van der Waals surface area contributed by atoms with Crippen LogP contribution in [0.5, 0.6) is 0 Å². The topological polar surface area (TPSA) is 37.3 Å². The van der Waals surface area contributed by atoms with E-state index in [2.05, 4.69) is 0 Å². The number of benzene rings is 1. The van der Waals surface area contributed by atoms with E-state index in [-0.39, 0.29) is 11.8 Å². The molecule has 0 bridgehead atoms. The molecule has 82 valence electrons. The summed E-state index contributed by atoms with van der Waals surface area (Å²) in [5.74, 6) is -0.711. The van der Waals surface area contributed by atoms with Crippen LogP contribution in [0.3, 0.4) is 0 Å². The summed E-state index contributed by atoms with van der Waals surface area (Å²) in [4.78, 5) is 11.0. The van der Waals surface area contributed by atoms with Crippen molar-refractivity contribution in [2.45, 2.75) is 26.7 Å². The highest BCUT2D eigenvalue weighted by Crippen LogP contribution is 2.18. The summed E-state index contributed by atoms with van der Waals surface area (Å²) in [7, 11) is 0. The number of aryl methyl sites for hydroxylation is 1. The second-order valence-corrected chi connectivity index (χ2v) is 4.21. The Morgan fingerprint density at radius 2 is 1.87 bits per heavy atom. The van der Waals surface area contributed by atoms with E-state index in [1.807, 2.05) is 44.2 Å². The van der Waals surface area contributed by atoms with Crippen LogP contribution in [0.2, 0.25) is 0 Å². The average Bonchev–Trinajstić information content (AvgIpc) is 2.18. The molecule has 0 aliphatic carbocycles. The molecule has 1 atom stereocenters. The van der Waals surface area contributed by atoms with Crippen molar-refractivity contribution in [1.82, 2.24) is 0 Å². The summed E-state index contributed by atoms with van der Waals surface area (Å²) in [6, 6.07) is 10.0. The largest absolute Gasteiger partial charge is 0.481 e. The second kappa shape index (κ2) is 5.54. The van der Waals surface area contributed by atoms with Gasteiger partial charge in [0.05, 0.1) is 5.92 Å². The minimum absolute atomic E-state index is 0.200. The predicted octanol–water partition coefficient (Wildman–Crippen LogP) is 2.98. The van der Waals surface area contributed by atoms with Crippen LogP contribution in [0, 0.1) is 11.8 Å². The Hall–Kier alpha value is -1.31. The maximum atomic E-state index is 11.0. The SMILES string of the molecule is CC(C)[C@H](CCc1ccccc1)C(=O)O. The lowest BCUT2D eigenvalue weighted by Gasteiger charge is -2.15. The molecule has 2 nitrogen and oxygen atoms in total. The van der Waals surface area contributed by atoms with Crippen molar-refractivity contribution in [1.29, 1.82) is 0 Å². The summed E-state index contributed by atoms with van der Waals surface area (Å²) in [6.45, 7) is 3.92. The van der Waals surface area contributed by atoms with Crippen LogP contribution in [-0.2, 0) is 11.2 Å². The van der Waals surface area contributed by atoms with E-state index in [0.717, 1.165) is 12.8 Å². The molecule has 0 unspecified atom stereocenters. The Morgan fingerprint density at radius 1 is 1.27 bits per heavy atom. The fourth-order valence-electron chi connectivity index (χ4n) is 1.71. The molecule has 0 aliphatic rings. The van der Waals surface area contributed by atoms with Crippen molar-refractivity contribution in [3.05, 3.63) is 35.9 Å². The molecular formula is C13H18O2. The molecule has 0 aliphatic heterocycles. The standard InChI is InChI=1S/C13H18O2/c1-10(2)12(13(14)15)9-8-11-6-4-3-5-7-11/h3-7,10,12H,8-9H2,1-2H3,(H,14,15)/t12-/m0/s1. The third-order valence-corrected chi connectivity index (χ3v) is 2.71. The lowest BCUT2D eigenvalue weighted by molar-refractivity contribution is -0.143. The third-order valence-electron chi connectivity index (χ3n) is 2.71. The lowest BCUT2D eigenvalue weighted by atomic mass is 9.90. The first kappa shape index (κ1) is 11.8. The molecule has 0 radical (unpaired) electrons. The molecule has 15 heavy (non-hydrogen) atoms. The van der Waals surface area contributed by atoms with E-state index in [1.54, 1.807) is 0 Å². The highest BCUT2D eigenvalue weighted by molar-refractivity contribution is 5.70. The van der Waals surface area contributed by atoms with Crippen molar-refractivity contribution < 1.29 is 9.90 Å². The molecule has 0 fully saturated rings. The minimum atomic E-state index is -0.680. The Morgan fingerprint density at radius 3 is 2.33 bits per heavy atom. The molecule has 0 aromatic heterocycles. The molecule has 1 N–H and O–H groups in total. The number of carboxylic acids is 1. The van der Waals surface area contributed by atoms with Gasteiger partial charge in [-0.3, -0.25) is 4.79 Å². The van der Waals surface area contributed by atoms with Gasteiger partial charge in [-0.2, -0.15) is 0 Å². The molecule has 0 heterocycles. The van der Waals surface area contributed by atoms with Gasteiger partial charge >= 0.3 is 5.97 Å². The van der Waals surface area contributed by atoms with Crippen LogP contribution in [0.15, 0.2) is 30.3 Å². The van der Waals surface area contributed by atoms with Gasteiger partial charge in [-0.05, 0) is 24.3 Å². The molecule has 0 amide bonds. The van der Waals surface area contributed by atoms with Crippen LogP contribution >= 0.6 is 0 Å². The zero-order chi connectivity index (χ0) is 11.3. The molecule has 2 heteroatoms. The number of aliphatic carboxylic acids is 1. The summed E-state index contributed by atoms with van der Waals surface area (Å²) < 4.78 is 0. The zero-order valence-electron chi connectivity index (χ0n) is 9.31. The highest BCUT2D eigenvalue weighted by atomic mass is 16.4. The Balaban J connectivity index is 2.51. The van der Waals surface area contributed by atoms with Crippen LogP contribution in [0.1, 0.15) is 25.8 Å². The Bertz CT molecular complexity index is 304. The van der Waals surface area contributed by atoms with Gasteiger partial charge in [-0.25, -0.2) is 0 Å². The first-order valence-electron chi connectivity index (χ1n) is 5.38. The smallest absolute Gasteiger partial charge is 0.306 e. The summed E-state index contributed by atoms with van der Waals surface area (Å²) in [5.41, 5.74) is 1.21. The molecule has 0 saturated carbocycles. The van der Waals surface area contributed by atoms with Crippen molar-refractivity contribution >= 4 is 5.97 Å². The number of carbonyl (C=O) groups is 1. The fourth-order valence-corrected chi connectivity index (χ4v) is 1.71. The van der Waals surface area contributed by atoms with Gasteiger partial charge in [-0.15, -0.1) is 0 Å². The fraction of sp³-hybridized carbons (Fsp3) is 0.462. The molecule has 0 spiro atoms. The number of hydrogen-bond donors (Lipinski definition) is 1. The van der Waals surface area contributed by atoms with Gasteiger partial charge in [0.1, 0.15) is 0 Å². The van der Waals surface area contributed by atoms with E-state index in [0.29, 0.717) is 0 Å². The van der Waals surface area contributed by atoms with E-state index in [9.17, 15) is 4.79 Å². The van der Waals surface area contributed by atoms with Gasteiger partial charge in [0.25, 0.3) is 0 Å². The first-order chi connectivity index (χ1) is 7.11. The third kappa shape index (κ3) is 3.74. The monoisotopic (exact) mass is 206 g/mol. The summed E-state index contributed by atoms with van der Waals surface area (Å²) in [5, 5.41) is 9.02. The maximum absolute atomic E-state index is 11.0. The molecular weight excluding hydrogens is 188 g/mol. The van der Waals surface area contributed by atoms with Crippen molar-refractivity contribution in [2.24, 2.45) is 11.8 Å². The predicted molar refractivity (Wildman–Crippen MR) is 60.7 cm³/mol. The number of rotatable bonds is 5. The normalized spacial score (nSPS) is 12.7. The maximum Gasteiger partial charge on any atom is 0.306 e. The minimum Gasteiger partial charge on any atom is -0.481 e. The summed E-state index contributed by atoms with van der Waals surface area (Å²) in [6.07, 6.45) is 1.56. The van der Waals surface area contributed by atoms with Gasteiger partial charge in [0, 0.05) is 0 Å². The summed E-state index contributed by atoms with van der Waals surface area (Å²) >= 11 is 0. The highest BCUT2D eigenvalue weighted by Gasteiger charge is 2.20. The Kier molecular flexibility index (Phi) is 4.35. The quantitative estimate of drug-likeness (QED) is 0.804. The molecule has 0 saturated heterocycles. The second-order valence-electron chi connectivity index (χ2n) is 4.21. The number of hydrogen-bond acceptors (Lipinski definition) is 1. The van der Waals surface area contributed by atoms with Crippen molar-refractivity contribution in [3.8, 4) is 0 Å². The molecule has 1 rings (SSSR count). The van der Waals surface area contributed by atoms with Crippen LogP contribution < -0.4 is 0 Å². The van der Waals surface area contributed by atoms with Crippen molar-refractivity contribution in [3.63, 3.8) is 0 Å². The van der Waals surface area contributed by atoms with Crippen molar-refractivity contribution in [2.75, 3.05) is 0 Å². The van der Waals surface area contributed by atoms with Crippen LogP contribution in [-0.4, -0.2) is 11.1 Å². The van der Waals surface area contributed by atoms with E-state index >= 15 is 0 Å². The van der Waals surface area contributed by atoms with Gasteiger partial charge < -0.3 is 5.11 Å². The first-order valence-corrected chi connectivity index (χ1v) is 5.38. The lowest BCUT2D eigenvalue weighted by Crippen LogP contribution is -2.20. The van der Waals surface area contributed by atoms with E-state index in [1.165, 1.54) is 5.56 Å². The average molecular weight is 206 g/mol. The molecule has 1 aromatic rings. The number of carboxylic acid groups (broad SMARTS) is 1. The van der Waals surface area contributed by atoms with Gasteiger partial charge in [0.2, 0.25) is 0 Å². The van der Waals surface area contributed by atoms with Crippen LogP contribution in [0.4, 0.5) is 0 Å². The van der Waals surface area contributed by atoms with E-state index in [4.69, 9.17) is 5.11 Å². The van der Waals surface area contributed by atoms with E-state index < -0.39 is 5.97 Å². The van der Waals surface area contributed by atoms with Crippen LogP contribution in [0.25, 0.3) is 0 Å².